The van der Waals surface area contributed by atoms with E-state index in [1.165, 1.54) is 0 Å². The van der Waals surface area contributed by atoms with Gasteiger partial charge in [0.15, 0.2) is 0 Å². The zero-order valence-corrected chi connectivity index (χ0v) is 9.71. The number of nitrogens with zero attached hydrogens (tertiary/aromatic N) is 1. The van der Waals surface area contributed by atoms with E-state index in [0.29, 0.717) is 0 Å². The summed E-state index contributed by atoms with van der Waals surface area (Å²) in [7, 11) is 0. The van der Waals surface area contributed by atoms with Gasteiger partial charge in [0.05, 0.1) is 0 Å². The molecule has 2 aromatic rings. The third-order valence-corrected chi connectivity index (χ3v) is 4.09. The SMILES string of the molecule is Cc1nc2cc(Cl)c(C(=O)O)cc2[se]1. The van der Waals surface area contributed by atoms with Gasteiger partial charge in [0, 0.05) is 0 Å². The van der Waals surface area contributed by atoms with Crippen LogP contribution in [0.5, 0.6) is 0 Å². The van der Waals surface area contributed by atoms with Crippen LogP contribution < -0.4 is 0 Å². The van der Waals surface area contributed by atoms with Gasteiger partial charge in [0.25, 0.3) is 0 Å². The molecule has 2 rings (SSSR count). The summed E-state index contributed by atoms with van der Waals surface area (Å²) in [5, 5.41) is 9.10. The molecule has 0 atom stereocenters. The third-order valence-electron chi connectivity index (χ3n) is 1.81. The van der Waals surface area contributed by atoms with Gasteiger partial charge in [-0.2, -0.15) is 0 Å². The number of aromatic carboxylic acids is 1. The summed E-state index contributed by atoms with van der Waals surface area (Å²) >= 11 is 5.96. The van der Waals surface area contributed by atoms with E-state index in [-0.39, 0.29) is 25.1 Å². The first-order valence-electron chi connectivity index (χ1n) is 3.88. The zero-order valence-electron chi connectivity index (χ0n) is 7.24. The molecule has 3 nitrogen and oxygen atoms in total. The van der Waals surface area contributed by atoms with E-state index in [9.17, 15) is 4.79 Å². The second kappa shape index (κ2) is 3.39. The van der Waals surface area contributed by atoms with Crippen molar-refractivity contribution in [1.82, 2.24) is 4.98 Å². The molecule has 14 heavy (non-hydrogen) atoms. The van der Waals surface area contributed by atoms with Crippen molar-refractivity contribution in [2.75, 3.05) is 0 Å². The van der Waals surface area contributed by atoms with Gasteiger partial charge < -0.3 is 0 Å². The molecule has 5 heteroatoms. The molecular formula is C9H6ClNO2Se. The number of fused-ring (bicyclic) bond motifs is 1. The molecular weight excluding hydrogens is 269 g/mol. The normalized spacial score (nSPS) is 10.7. The van der Waals surface area contributed by atoms with Gasteiger partial charge in [0.1, 0.15) is 0 Å². The number of aromatic nitrogens is 1. The van der Waals surface area contributed by atoms with E-state index in [0.717, 1.165) is 14.3 Å². The third kappa shape index (κ3) is 1.56. The summed E-state index contributed by atoms with van der Waals surface area (Å²) in [4.78, 5) is 15.1. The van der Waals surface area contributed by atoms with Crippen molar-refractivity contribution >= 4 is 41.9 Å². The molecule has 1 aromatic carbocycles. The van der Waals surface area contributed by atoms with Crippen molar-refractivity contribution in [3.8, 4) is 0 Å². The summed E-state index contributed by atoms with van der Waals surface area (Å²) in [5.41, 5.74) is 0.981. The average molecular weight is 275 g/mol. The fourth-order valence-corrected chi connectivity index (χ4v) is 3.25. The van der Waals surface area contributed by atoms with Crippen LogP contribution in [0.15, 0.2) is 12.1 Å². The summed E-state index contributed by atoms with van der Waals surface area (Å²) in [6.45, 7) is 1.94. The van der Waals surface area contributed by atoms with E-state index < -0.39 is 5.97 Å². The zero-order chi connectivity index (χ0) is 10.3. The number of hydrogen-bond donors (Lipinski definition) is 1. The first kappa shape index (κ1) is 9.71. The van der Waals surface area contributed by atoms with Gasteiger partial charge in [-0.05, 0) is 0 Å². The molecule has 0 saturated heterocycles. The van der Waals surface area contributed by atoms with Crippen molar-refractivity contribution in [2.45, 2.75) is 6.92 Å². The number of hydrogen-bond acceptors (Lipinski definition) is 2. The Morgan fingerprint density at radius 1 is 1.57 bits per heavy atom. The second-order valence-electron chi connectivity index (χ2n) is 2.84. The number of halogens is 1. The molecule has 0 fully saturated rings. The summed E-state index contributed by atoms with van der Waals surface area (Å²) < 4.78 is 2.04. The molecule has 0 aliphatic carbocycles. The number of rotatable bonds is 1. The number of aryl methyl sites for hydroxylation is 1. The molecule has 0 amide bonds. The Labute approximate surface area is 91.1 Å². The van der Waals surface area contributed by atoms with Crippen LogP contribution in [0.1, 0.15) is 14.9 Å². The first-order valence-corrected chi connectivity index (χ1v) is 5.97. The van der Waals surface area contributed by atoms with Gasteiger partial charge in [-0.3, -0.25) is 0 Å². The van der Waals surface area contributed by atoms with Crippen LogP contribution in [-0.2, 0) is 0 Å². The second-order valence-corrected chi connectivity index (χ2v) is 5.84. The molecule has 0 unspecified atom stereocenters. The van der Waals surface area contributed by atoms with Crippen molar-refractivity contribution in [3.63, 3.8) is 0 Å². The average Bonchev–Trinajstić information content (AvgIpc) is 2.42. The predicted molar refractivity (Wildman–Crippen MR) is 55.4 cm³/mol. The predicted octanol–water partition coefficient (Wildman–Crippen LogP) is 1.95. The van der Waals surface area contributed by atoms with Crippen LogP contribution in [0.2, 0.25) is 5.02 Å². The molecule has 0 spiro atoms. The van der Waals surface area contributed by atoms with Crippen LogP contribution in [0.3, 0.4) is 0 Å². The van der Waals surface area contributed by atoms with Gasteiger partial charge in [-0.15, -0.1) is 0 Å². The van der Waals surface area contributed by atoms with Crippen LogP contribution in [0, 0.1) is 6.92 Å². The molecule has 1 heterocycles. The van der Waals surface area contributed by atoms with Crippen molar-refractivity contribution in [1.29, 1.82) is 0 Å². The Hall–Kier alpha value is -0.831. The number of carbonyl (C=O) groups is 1. The summed E-state index contributed by atoms with van der Waals surface area (Å²) in [6, 6.07) is 3.25. The molecule has 0 aliphatic rings. The molecule has 0 aliphatic heterocycles. The van der Waals surface area contributed by atoms with E-state index in [4.69, 9.17) is 16.7 Å². The van der Waals surface area contributed by atoms with Gasteiger partial charge in [-0.1, -0.05) is 0 Å². The maximum atomic E-state index is 10.8. The Kier molecular flexibility index (Phi) is 2.35. The van der Waals surface area contributed by atoms with Crippen molar-refractivity contribution in [3.05, 3.63) is 27.3 Å². The number of carboxylic acid groups (broad SMARTS) is 1. The van der Waals surface area contributed by atoms with Gasteiger partial charge in [-0.25, -0.2) is 0 Å². The Balaban J connectivity index is 2.76. The standard InChI is InChI=1S/C9H6ClNO2Se/c1-4-11-7-3-6(10)5(9(12)13)2-8(7)14-4/h2-3H,1H3,(H,12,13). The van der Waals surface area contributed by atoms with Gasteiger partial charge >= 0.3 is 90.9 Å². The fraction of sp³-hybridized carbons (Fsp3) is 0.111. The van der Waals surface area contributed by atoms with E-state index in [2.05, 4.69) is 4.98 Å². The number of carboxylic acids is 1. The molecule has 0 saturated carbocycles. The summed E-state index contributed by atoms with van der Waals surface area (Å²) in [6.07, 6.45) is 0. The molecule has 1 N–H and O–H groups in total. The molecule has 0 bridgehead atoms. The topological polar surface area (TPSA) is 50.2 Å². The number of benzene rings is 1. The van der Waals surface area contributed by atoms with E-state index in [1.807, 2.05) is 6.92 Å². The van der Waals surface area contributed by atoms with E-state index >= 15 is 0 Å². The summed E-state index contributed by atoms with van der Waals surface area (Å²) in [5.74, 6) is -0.988. The van der Waals surface area contributed by atoms with Crippen LogP contribution in [0.25, 0.3) is 9.78 Å². The Morgan fingerprint density at radius 2 is 2.29 bits per heavy atom. The van der Waals surface area contributed by atoms with Gasteiger partial charge in [0.2, 0.25) is 0 Å². The molecule has 1 aromatic heterocycles. The van der Waals surface area contributed by atoms with Crippen LogP contribution in [0.4, 0.5) is 0 Å². The maximum absolute atomic E-state index is 10.8. The fourth-order valence-electron chi connectivity index (χ4n) is 1.23. The monoisotopic (exact) mass is 275 g/mol. The first-order chi connectivity index (χ1) is 6.58. The van der Waals surface area contributed by atoms with E-state index in [1.54, 1.807) is 12.1 Å². The van der Waals surface area contributed by atoms with Crippen LogP contribution >= 0.6 is 11.6 Å². The molecule has 72 valence electrons. The molecule has 0 radical (unpaired) electrons. The Bertz CT molecular complexity index is 521. The Morgan fingerprint density at radius 3 is 2.93 bits per heavy atom. The minimum atomic E-state index is -0.988. The van der Waals surface area contributed by atoms with Crippen LogP contribution in [-0.4, -0.2) is 30.6 Å². The minimum absolute atomic E-state index is 0.157. The van der Waals surface area contributed by atoms with Crippen molar-refractivity contribution in [2.24, 2.45) is 0 Å². The quantitative estimate of drug-likeness (QED) is 0.809. The van der Waals surface area contributed by atoms with Crippen molar-refractivity contribution < 1.29 is 9.90 Å².